The lowest BCUT2D eigenvalue weighted by Crippen LogP contribution is -2.45. The third-order valence-corrected chi connectivity index (χ3v) is 6.53. The zero-order valence-electron chi connectivity index (χ0n) is 17.5. The highest BCUT2D eigenvalue weighted by Gasteiger charge is 2.28. The molecule has 0 radical (unpaired) electrons. The van der Waals surface area contributed by atoms with Crippen LogP contribution in [0, 0.1) is 0 Å². The number of thiocarbonyl (C=S) groups is 1. The molecule has 3 heterocycles. The summed E-state index contributed by atoms with van der Waals surface area (Å²) in [6, 6.07) is 15.8. The number of hydrogen-bond donors (Lipinski definition) is 0. The fourth-order valence-electron chi connectivity index (χ4n) is 4.40. The van der Waals surface area contributed by atoms with Crippen LogP contribution in [-0.4, -0.2) is 58.6 Å². The Kier molecular flexibility index (Phi) is 6.04. The second-order valence-electron chi connectivity index (χ2n) is 8.13. The first-order valence-corrected chi connectivity index (χ1v) is 11.4. The Labute approximate surface area is 187 Å². The predicted molar refractivity (Wildman–Crippen MR) is 124 cm³/mol. The monoisotopic (exact) mass is 437 g/mol. The smallest absolute Gasteiger partial charge is 0.400 e. The SMILES string of the molecule is S=C1CCCN1C1CCN(CCOc2ccc(Oc3nc4ccccc4o3)cc2)CC1. The van der Waals surface area contributed by atoms with Crippen molar-refractivity contribution in [2.75, 3.05) is 32.8 Å². The van der Waals surface area contributed by atoms with Gasteiger partial charge in [-0.25, -0.2) is 0 Å². The molecule has 31 heavy (non-hydrogen) atoms. The number of rotatable bonds is 7. The Balaban J connectivity index is 1.06. The standard InChI is InChI=1S/C24H27N3O3S/c31-23-6-3-13-27(23)18-11-14-26(15-12-18)16-17-28-19-7-9-20(10-8-19)29-24-25-21-4-1-2-5-22(21)30-24/h1-2,4-5,7-10,18H,3,6,11-17H2. The summed E-state index contributed by atoms with van der Waals surface area (Å²) in [5.41, 5.74) is 1.49. The second kappa shape index (κ2) is 9.24. The van der Waals surface area contributed by atoms with Gasteiger partial charge in [0.05, 0.1) is 4.99 Å². The van der Waals surface area contributed by atoms with E-state index in [0.717, 1.165) is 43.9 Å². The Morgan fingerprint density at radius 3 is 2.52 bits per heavy atom. The van der Waals surface area contributed by atoms with Crippen molar-refractivity contribution in [3.63, 3.8) is 0 Å². The Morgan fingerprint density at radius 2 is 1.77 bits per heavy atom. The summed E-state index contributed by atoms with van der Waals surface area (Å²) in [5, 5.41) is 0. The van der Waals surface area contributed by atoms with Crippen LogP contribution in [0.2, 0.25) is 0 Å². The van der Waals surface area contributed by atoms with Gasteiger partial charge in [0.2, 0.25) is 0 Å². The largest absolute Gasteiger partial charge is 0.492 e. The second-order valence-corrected chi connectivity index (χ2v) is 8.60. The number of piperidine rings is 1. The van der Waals surface area contributed by atoms with E-state index in [1.165, 1.54) is 24.3 Å². The fourth-order valence-corrected chi connectivity index (χ4v) is 4.79. The van der Waals surface area contributed by atoms with E-state index in [-0.39, 0.29) is 6.08 Å². The predicted octanol–water partition coefficient (Wildman–Crippen LogP) is 4.89. The molecule has 0 bridgehead atoms. The van der Waals surface area contributed by atoms with Crippen molar-refractivity contribution in [3.05, 3.63) is 48.5 Å². The molecule has 0 atom stereocenters. The maximum atomic E-state index is 5.94. The highest BCUT2D eigenvalue weighted by Crippen LogP contribution is 2.27. The van der Waals surface area contributed by atoms with Crippen molar-refractivity contribution in [1.82, 2.24) is 14.8 Å². The van der Waals surface area contributed by atoms with Crippen molar-refractivity contribution in [3.8, 4) is 17.6 Å². The maximum Gasteiger partial charge on any atom is 0.400 e. The molecule has 0 amide bonds. The summed E-state index contributed by atoms with van der Waals surface area (Å²) in [7, 11) is 0. The van der Waals surface area contributed by atoms with Crippen molar-refractivity contribution in [1.29, 1.82) is 0 Å². The van der Waals surface area contributed by atoms with Gasteiger partial charge in [-0.2, -0.15) is 4.98 Å². The third-order valence-electron chi connectivity index (χ3n) is 6.09. The molecular formula is C24H27N3O3S. The minimum absolute atomic E-state index is 0.243. The van der Waals surface area contributed by atoms with E-state index in [1.54, 1.807) is 0 Å². The molecule has 0 unspecified atom stereocenters. The molecule has 1 aromatic heterocycles. The van der Waals surface area contributed by atoms with Crippen LogP contribution in [0.25, 0.3) is 11.1 Å². The van der Waals surface area contributed by atoms with Crippen LogP contribution in [-0.2, 0) is 0 Å². The Bertz CT molecular complexity index is 995. The lowest BCUT2D eigenvalue weighted by atomic mass is 10.0. The molecule has 2 aliphatic rings. The van der Waals surface area contributed by atoms with Gasteiger partial charge in [-0.05, 0) is 62.1 Å². The third kappa shape index (κ3) is 4.83. The number of fused-ring (bicyclic) bond motifs is 1. The number of para-hydroxylation sites is 2. The molecular weight excluding hydrogens is 410 g/mol. The Morgan fingerprint density at radius 1 is 1.00 bits per heavy atom. The quantitative estimate of drug-likeness (QED) is 0.488. The topological polar surface area (TPSA) is 51.0 Å². The molecule has 0 saturated carbocycles. The summed E-state index contributed by atoms with van der Waals surface area (Å²) in [6.07, 6.45) is 4.96. The van der Waals surface area contributed by atoms with Gasteiger partial charge in [-0.15, -0.1) is 0 Å². The van der Waals surface area contributed by atoms with Gasteiger partial charge in [0.1, 0.15) is 23.6 Å². The summed E-state index contributed by atoms with van der Waals surface area (Å²) >= 11 is 5.51. The average Bonchev–Trinajstić information content (AvgIpc) is 3.41. The number of aromatic nitrogens is 1. The number of ether oxygens (including phenoxy) is 2. The molecule has 0 N–H and O–H groups in total. The number of likely N-dealkylation sites (tertiary alicyclic amines) is 2. The van der Waals surface area contributed by atoms with Gasteiger partial charge in [-0.1, -0.05) is 24.4 Å². The van der Waals surface area contributed by atoms with Crippen LogP contribution in [0.4, 0.5) is 0 Å². The summed E-state index contributed by atoms with van der Waals surface area (Å²) in [5.74, 6) is 1.50. The van der Waals surface area contributed by atoms with E-state index >= 15 is 0 Å². The van der Waals surface area contributed by atoms with E-state index in [1.807, 2.05) is 48.5 Å². The van der Waals surface area contributed by atoms with Gasteiger partial charge in [0.25, 0.3) is 0 Å². The lowest BCUT2D eigenvalue weighted by Gasteiger charge is -2.37. The highest BCUT2D eigenvalue weighted by atomic mass is 32.1. The van der Waals surface area contributed by atoms with E-state index in [0.29, 0.717) is 24.0 Å². The summed E-state index contributed by atoms with van der Waals surface area (Å²) < 4.78 is 17.3. The van der Waals surface area contributed by atoms with Crippen LogP contribution in [0.3, 0.4) is 0 Å². The number of oxazole rings is 1. The summed E-state index contributed by atoms with van der Waals surface area (Å²) in [6.45, 7) is 5.00. The first-order chi connectivity index (χ1) is 15.2. The zero-order valence-corrected chi connectivity index (χ0v) is 18.4. The van der Waals surface area contributed by atoms with E-state index in [9.17, 15) is 0 Å². The molecule has 3 aromatic rings. The molecule has 2 saturated heterocycles. The molecule has 5 rings (SSSR count). The maximum absolute atomic E-state index is 5.94. The summed E-state index contributed by atoms with van der Waals surface area (Å²) in [4.78, 5) is 10.5. The van der Waals surface area contributed by atoms with E-state index in [4.69, 9.17) is 26.1 Å². The molecule has 6 nitrogen and oxygen atoms in total. The van der Waals surface area contributed by atoms with Crippen LogP contribution >= 0.6 is 12.2 Å². The molecule has 0 spiro atoms. The lowest BCUT2D eigenvalue weighted by molar-refractivity contribution is 0.139. The molecule has 2 aliphatic heterocycles. The molecule has 2 fully saturated rings. The normalized spacial score (nSPS) is 18.1. The zero-order chi connectivity index (χ0) is 21.0. The average molecular weight is 438 g/mol. The first kappa shape index (κ1) is 20.3. The van der Waals surface area contributed by atoms with Crippen molar-refractivity contribution in [2.45, 2.75) is 31.7 Å². The van der Waals surface area contributed by atoms with Crippen LogP contribution in [0.1, 0.15) is 25.7 Å². The molecule has 162 valence electrons. The van der Waals surface area contributed by atoms with Crippen molar-refractivity contribution in [2.24, 2.45) is 0 Å². The molecule has 7 heteroatoms. The van der Waals surface area contributed by atoms with Gasteiger partial charge in [0.15, 0.2) is 5.58 Å². The van der Waals surface area contributed by atoms with Gasteiger partial charge >= 0.3 is 6.08 Å². The van der Waals surface area contributed by atoms with Crippen molar-refractivity contribution >= 4 is 28.3 Å². The van der Waals surface area contributed by atoms with E-state index < -0.39 is 0 Å². The van der Waals surface area contributed by atoms with E-state index in [2.05, 4.69) is 14.8 Å². The molecule has 2 aromatic carbocycles. The molecule has 0 aliphatic carbocycles. The highest BCUT2D eigenvalue weighted by molar-refractivity contribution is 7.80. The fraction of sp³-hybridized carbons (Fsp3) is 0.417. The minimum Gasteiger partial charge on any atom is -0.492 e. The van der Waals surface area contributed by atoms with Gasteiger partial charge in [-0.3, -0.25) is 4.90 Å². The van der Waals surface area contributed by atoms with Crippen molar-refractivity contribution < 1.29 is 13.9 Å². The van der Waals surface area contributed by atoms with Gasteiger partial charge < -0.3 is 18.8 Å². The van der Waals surface area contributed by atoms with Gasteiger partial charge in [0, 0.05) is 32.2 Å². The number of benzene rings is 2. The van der Waals surface area contributed by atoms with Crippen LogP contribution < -0.4 is 9.47 Å². The van der Waals surface area contributed by atoms with Crippen LogP contribution in [0.5, 0.6) is 17.6 Å². The number of hydrogen-bond acceptors (Lipinski definition) is 6. The first-order valence-electron chi connectivity index (χ1n) is 11.0. The Hall–Kier alpha value is -2.64. The number of nitrogens with zero attached hydrogens (tertiary/aromatic N) is 3. The minimum atomic E-state index is 0.243. The van der Waals surface area contributed by atoms with Crippen LogP contribution in [0.15, 0.2) is 52.9 Å².